The van der Waals surface area contributed by atoms with Gasteiger partial charge in [0, 0.05) is 6.04 Å². The van der Waals surface area contributed by atoms with Crippen molar-refractivity contribution >= 4 is 0 Å². The zero-order chi connectivity index (χ0) is 15.0. The Kier molecular flexibility index (Phi) is 7.11. The molecule has 22 heavy (non-hydrogen) atoms. The van der Waals surface area contributed by atoms with Crippen LogP contribution in [0, 0.1) is 11.8 Å². The van der Waals surface area contributed by atoms with Crippen LogP contribution in [0.15, 0.2) is 0 Å². The highest BCUT2D eigenvalue weighted by molar-refractivity contribution is 4.83. The summed E-state index contributed by atoms with van der Waals surface area (Å²) in [6, 6.07) is 0.936. The number of nitrogens with zero attached hydrogens (tertiary/aromatic N) is 1. The van der Waals surface area contributed by atoms with Crippen LogP contribution in [-0.2, 0) is 0 Å². The molecule has 0 amide bonds. The summed E-state index contributed by atoms with van der Waals surface area (Å²) in [6.45, 7) is 2.84. The van der Waals surface area contributed by atoms with Crippen molar-refractivity contribution in [2.45, 2.75) is 109 Å². The van der Waals surface area contributed by atoms with Crippen LogP contribution in [0.5, 0.6) is 0 Å². The van der Waals surface area contributed by atoms with Crippen molar-refractivity contribution in [2.75, 3.05) is 13.1 Å². The summed E-state index contributed by atoms with van der Waals surface area (Å²) in [5.41, 5.74) is 0. The molecule has 128 valence electrons. The van der Waals surface area contributed by atoms with Crippen LogP contribution < -0.4 is 0 Å². The highest BCUT2D eigenvalue weighted by Crippen LogP contribution is 2.36. The number of rotatable bonds is 2. The number of piperidine rings is 1. The Morgan fingerprint density at radius 1 is 0.409 bits per heavy atom. The van der Waals surface area contributed by atoms with E-state index in [0.29, 0.717) is 0 Å². The van der Waals surface area contributed by atoms with Gasteiger partial charge in [0.1, 0.15) is 0 Å². The van der Waals surface area contributed by atoms with E-state index in [2.05, 4.69) is 4.90 Å². The highest BCUT2D eigenvalue weighted by atomic mass is 15.2. The summed E-state index contributed by atoms with van der Waals surface area (Å²) in [5.74, 6) is 2.18. The first kappa shape index (κ1) is 16.8. The van der Waals surface area contributed by atoms with Gasteiger partial charge in [-0.3, -0.25) is 0 Å². The second kappa shape index (κ2) is 9.30. The van der Waals surface area contributed by atoms with E-state index < -0.39 is 0 Å². The average Bonchev–Trinajstić information content (AvgIpc) is 2.60. The van der Waals surface area contributed by atoms with Gasteiger partial charge in [-0.05, 0) is 50.6 Å². The molecule has 0 bridgehead atoms. The molecule has 0 aromatic heterocycles. The van der Waals surface area contributed by atoms with Crippen molar-refractivity contribution in [1.29, 1.82) is 0 Å². The Morgan fingerprint density at radius 3 is 1.41 bits per heavy atom. The third-order valence-electron chi connectivity index (χ3n) is 6.98. The normalized spacial score (nSPS) is 29.5. The first-order chi connectivity index (χ1) is 10.9. The third-order valence-corrected chi connectivity index (χ3v) is 6.98. The molecule has 2 aliphatic carbocycles. The van der Waals surface area contributed by atoms with Crippen LogP contribution in [0.1, 0.15) is 103 Å². The van der Waals surface area contributed by atoms with E-state index in [4.69, 9.17) is 0 Å². The van der Waals surface area contributed by atoms with Crippen LogP contribution in [0.2, 0.25) is 0 Å². The van der Waals surface area contributed by atoms with Crippen molar-refractivity contribution < 1.29 is 0 Å². The smallest absolute Gasteiger partial charge is 0.00952 e. The maximum Gasteiger partial charge on any atom is 0.00952 e. The largest absolute Gasteiger partial charge is 0.300 e. The molecule has 3 fully saturated rings. The fourth-order valence-corrected chi connectivity index (χ4v) is 5.51. The van der Waals surface area contributed by atoms with Crippen molar-refractivity contribution in [2.24, 2.45) is 11.8 Å². The van der Waals surface area contributed by atoms with Gasteiger partial charge in [0.25, 0.3) is 0 Å². The van der Waals surface area contributed by atoms with Crippen LogP contribution in [0.3, 0.4) is 0 Å². The lowest BCUT2D eigenvalue weighted by Crippen LogP contribution is -2.43. The lowest BCUT2D eigenvalue weighted by Gasteiger charge is -2.41. The van der Waals surface area contributed by atoms with E-state index in [1.807, 2.05) is 0 Å². The van der Waals surface area contributed by atoms with E-state index >= 15 is 0 Å². The standard InChI is InChI=1S/C21H39N/c1-2-4-9-13-21(14-10-5-3-1)22-17-15-20(16-18-22)19-11-7-6-8-12-19/h19-21H,1-18H2. The summed E-state index contributed by atoms with van der Waals surface area (Å²) in [6.07, 6.45) is 24.1. The van der Waals surface area contributed by atoms with E-state index in [0.717, 1.165) is 17.9 Å². The van der Waals surface area contributed by atoms with Gasteiger partial charge in [-0.15, -0.1) is 0 Å². The van der Waals surface area contributed by atoms with Crippen molar-refractivity contribution in [3.8, 4) is 0 Å². The van der Waals surface area contributed by atoms with Crippen molar-refractivity contribution in [1.82, 2.24) is 4.90 Å². The van der Waals surface area contributed by atoms with Gasteiger partial charge in [0.2, 0.25) is 0 Å². The lowest BCUT2D eigenvalue weighted by molar-refractivity contribution is 0.0845. The van der Waals surface area contributed by atoms with E-state index in [1.165, 1.54) is 103 Å². The molecule has 1 saturated heterocycles. The van der Waals surface area contributed by atoms with Crippen molar-refractivity contribution in [3.63, 3.8) is 0 Å². The number of hydrogen-bond donors (Lipinski definition) is 0. The minimum Gasteiger partial charge on any atom is -0.300 e. The maximum absolute atomic E-state index is 2.90. The third kappa shape index (κ3) is 4.98. The zero-order valence-corrected chi connectivity index (χ0v) is 14.9. The molecule has 3 rings (SSSR count). The molecule has 0 unspecified atom stereocenters. The molecular formula is C21H39N. The van der Waals surface area contributed by atoms with Crippen LogP contribution in [-0.4, -0.2) is 24.0 Å². The van der Waals surface area contributed by atoms with Crippen LogP contribution >= 0.6 is 0 Å². The second-order valence-corrected chi connectivity index (χ2v) is 8.48. The van der Waals surface area contributed by atoms with Gasteiger partial charge in [0.05, 0.1) is 0 Å². The Morgan fingerprint density at radius 2 is 0.818 bits per heavy atom. The molecule has 1 nitrogen and oxygen atoms in total. The molecule has 0 radical (unpaired) electrons. The fourth-order valence-electron chi connectivity index (χ4n) is 5.51. The molecule has 3 aliphatic rings. The minimum absolute atomic E-state index is 0.936. The van der Waals surface area contributed by atoms with Crippen LogP contribution in [0.4, 0.5) is 0 Å². The SMILES string of the molecule is C1CCCCC(N2CCC(C3CCCCC3)CC2)CCCC1. The van der Waals surface area contributed by atoms with Gasteiger partial charge >= 0.3 is 0 Å². The lowest BCUT2D eigenvalue weighted by atomic mass is 9.75. The first-order valence-electron chi connectivity index (χ1n) is 10.7. The summed E-state index contributed by atoms with van der Waals surface area (Å²) < 4.78 is 0. The molecular weight excluding hydrogens is 266 g/mol. The van der Waals surface area contributed by atoms with Gasteiger partial charge < -0.3 is 4.90 Å². The second-order valence-electron chi connectivity index (χ2n) is 8.48. The monoisotopic (exact) mass is 305 g/mol. The van der Waals surface area contributed by atoms with E-state index in [-0.39, 0.29) is 0 Å². The molecule has 0 aromatic carbocycles. The van der Waals surface area contributed by atoms with E-state index in [1.54, 1.807) is 12.8 Å². The van der Waals surface area contributed by atoms with Crippen LogP contribution in [0.25, 0.3) is 0 Å². The predicted octanol–water partition coefficient (Wildman–Crippen LogP) is 6.17. The molecule has 1 aliphatic heterocycles. The first-order valence-corrected chi connectivity index (χ1v) is 10.7. The zero-order valence-electron chi connectivity index (χ0n) is 14.9. The quantitative estimate of drug-likeness (QED) is 0.589. The summed E-state index contributed by atoms with van der Waals surface area (Å²) in [7, 11) is 0. The van der Waals surface area contributed by atoms with Crippen molar-refractivity contribution in [3.05, 3.63) is 0 Å². The van der Waals surface area contributed by atoms with Gasteiger partial charge in [0.15, 0.2) is 0 Å². The Hall–Kier alpha value is -0.0400. The maximum atomic E-state index is 2.90. The molecule has 2 saturated carbocycles. The van der Waals surface area contributed by atoms with E-state index in [9.17, 15) is 0 Å². The number of likely N-dealkylation sites (tertiary alicyclic amines) is 1. The Balaban J connectivity index is 1.44. The Bertz CT molecular complexity index is 276. The highest BCUT2D eigenvalue weighted by Gasteiger charge is 2.29. The molecule has 0 aromatic rings. The Labute approximate surface area is 139 Å². The average molecular weight is 306 g/mol. The molecule has 0 spiro atoms. The fraction of sp³-hybridized carbons (Fsp3) is 1.00. The van der Waals surface area contributed by atoms with Gasteiger partial charge in [-0.1, -0.05) is 77.0 Å². The van der Waals surface area contributed by atoms with Gasteiger partial charge in [-0.2, -0.15) is 0 Å². The van der Waals surface area contributed by atoms with Gasteiger partial charge in [-0.25, -0.2) is 0 Å². The molecule has 1 heteroatoms. The predicted molar refractivity (Wildman–Crippen MR) is 96.2 cm³/mol. The summed E-state index contributed by atoms with van der Waals surface area (Å²) in [5, 5.41) is 0. The minimum atomic E-state index is 0.936. The summed E-state index contributed by atoms with van der Waals surface area (Å²) >= 11 is 0. The molecule has 0 N–H and O–H groups in total. The number of hydrogen-bond acceptors (Lipinski definition) is 1. The summed E-state index contributed by atoms with van der Waals surface area (Å²) in [4.78, 5) is 2.90. The molecule has 0 atom stereocenters. The topological polar surface area (TPSA) is 3.24 Å². The molecule has 1 heterocycles.